The topological polar surface area (TPSA) is 77.5 Å². The summed E-state index contributed by atoms with van der Waals surface area (Å²) in [5, 5.41) is 3.36. The first-order chi connectivity index (χ1) is 13.6. The van der Waals surface area contributed by atoms with Crippen LogP contribution in [0.25, 0.3) is 12.2 Å². The number of aliphatic imine (C=N–C) groups is 1. The molecule has 0 fully saturated rings. The molecule has 7 nitrogen and oxygen atoms in total. The van der Waals surface area contributed by atoms with Crippen molar-refractivity contribution in [3.8, 4) is 0 Å². The molecule has 0 spiro atoms. The number of rotatable bonds is 10. The highest BCUT2D eigenvalue weighted by Gasteiger charge is 2.04. The third-order valence-electron chi connectivity index (χ3n) is 3.81. The summed E-state index contributed by atoms with van der Waals surface area (Å²) >= 11 is 0. The molecule has 7 heteroatoms. The number of hydrazine groups is 1. The van der Waals surface area contributed by atoms with Crippen LogP contribution < -0.4 is 16.2 Å². The Morgan fingerprint density at radius 1 is 1.11 bits per heavy atom. The first-order valence-electron chi connectivity index (χ1n) is 9.68. The lowest BCUT2D eigenvalue weighted by Crippen LogP contribution is -2.36. The Bertz CT molecular complexity index is 770. The maximum atomic E-state index is 4.64. The summed E-state index contributed by atoms with van der Waals surface area (Å²) in [6.07, 6.45) is 4.69. The van der Waals surface area contributed by atoms with Gasteiger partial charge in [0, 0.05) is 32.1 Å². The van der Waals surface area contributed by atoms with Gasteiger partial charge in [0.1, 0.15) is 11.7 Å². The first-order valence-corrected chi connectivity index (χ1v) is 9.68. The van der Waals surface area contributed by atoms with Crippen molar-refractivity contribution in [1.82, 2.24) is 25.7 Å². The summed E-state index contributed by atoms with van der Waals surface area (Å²) in [4.78, 5) is 16.0. The molecule has 1 heterocycles. The Morgan fingerprint density at radius 2 is 1.89 bits per heavy atom. The molecule has 0 saturated carbocycles. The molecule has 2 rings (SSSR count). The second-order valence-electron chi connectivity index (χ2n) is 6.51. The molecule has 28 heavy (non-hydrogen) atoms. The van der Waals surface area contributed by atoms with E-state index in [0.717, 1.165) is 43.3 Å². The molecule has 0 saturated heterocycles. The summed E-state index contributed by atoms with van der Waals surface area (Å²) in [5.74, 6) is 2.84. The molecule has 0 atom stereocenters. The van der Waals surface area contributed by atoms with Gasteiger partial charge < -0.3 is 15.6 Å². The van der Waals surface area contributed by atoms with E-state index in [1.54, 1.807) is 0 Å². The summed E-state index contributed by atoms with van der Waals surface area (Å²) in [7, 11) is 4.09. The second-order valence-corrected chi connectivity index (χ2v) is 6.51. The zero-order chi connectivity index (χ0) is 20.2. The van der Waals surface area contributed by atoms with Gasteiger partial charge in [0.25, 0.3) is 0 Å². The molecule has 1 aromatic heterocycles. The van der Waals surface area contributed by atoms with Crippen molar-refractivity contribution in [3.05, 3.63) is 47.8 Å². The van der Waals surface area contributed by atoms with Gasteiger partial charge in [0.05, 0.1) is 0 Å². The Labute approximate surface area is 168 Å². The van der Waals surface area contributed by atoms with Crippen LogP contribution in [0.2, 0.25) is 0 Å². The molecule has 0 amide bonds. The van der Waals surface area contributed by atoms with Crippen LogP contribution in [-0.4, -0.2) is 54.4 Å². The summed E-state index contributed by atoms with van der Waals surface area (Å²) in [5.41, 5.74) is 7.30. The molecule has 2 aromatic rings. The van der Waals surface area contributed by atoms with E-state index in [4.69, 9.17) is 0 Å². The summed E-state index contributed by atoms with van der Waals surface area (Å²) < 4.78 is 0. The van der Waals surface area contributed by atoms with Gasteiger partial charge in [-0.2, -0.15) is 0 Å². The number of benzene rings is 1. The van der Waals surface area contributed by atoms with E-state index >= 15 is 0 Å². The average molecular weight is 382 g/mol. The number of amidine groups is 1. The number of anilines is 1. The van der Waals surface area contributed by atoms with E-state index in [1.807, 2.05) is 69.6 Å². The lowest BCUT2D eigenvalue weighted by molar-refractivity contribution is 0.425. The van der Waals surface area contributed by atoms with Crippen LogP contribution >= 0.6 is 0 Å². The predicted molar refractivity (Wildman–Crippen MR) is 119 cm³/mol. The highest BCUT2D eigenvalue weighted by atomic mass is 15.4. The van der Waals surface area contributed by atoms with E-state index < -0.39 is 0 Å². The maximum absolute atomic E-state index is 4.64. The molecule has 1 aromatic carbocycles. The Morgan fingerprint density at radius 3 is 2.57 bits per heavy atom. The van der Waals surface area contributed by atoms with Crippen LogP contribution in [0.5, 0.6) is 0 Å². The highest BCUT2D eigenvalue weighted by molar-refractivity contribution is 5.84. The lowest BCUT2D eigenvalue weighted by atomic mass is 10.2. The SMILES string of the molecule is CCNNC(CC)=Nc1cc(NCCN(C)C)nc(/C=C/c2ccccc2)n1. The molecule has 0 radical (unpaired) electrons. The van der Waals surface area contributed by atoms with Gasteiger partial charge in [-0.25, -0.2) is 20.4 Å². The van der Waals surface area contributed by atoms with Crippen molar-refractivity contribution >= 4 is 29.6 Å². The van der Waals surface area contributed by atoms with Gasteiger partial charge in [0.15, 0.2) is 11.6 Å². The quantitative estimate of drug-likeness (QED) is 0.333. The standard InChI is InChI=1S/C21H31N7/c1-5-18(27-23-6-2)24-21-16-20(22-14-15-28(3)4)25-19(26-21)13-12-17-10-8-7-9-11-17/h7-13,16,23H,5-6,14-15H2,1-4H3,(H2,22,24,25,26,27)/b13-12+. The monoisotopic (exact) mass is 381 g/mol. The fourth-order valence-electron chi connectivity index (χ4n) is 2.34. The number of nitrogens with zero attached hydrogens (tertiary/aromatic N) is 4. The molecule has 0 aliphatic rings. The number of hydrogen-bond acceptors (Lipinski definition) is 6. The molecule has 0 aliphatic carbocycles. The average Bonchev–Trinajstić information content (AvgIpc) is 2.70. The van der Waals surface area contributed by atoms with E-state index in [2.05, 4.69) is 43.0 Å². The molecule has 150 valence electrons. The van der Waals surface area contributed by atoms with Crippen LogP contribution in [0.4, 0.5) is 11.6 Å². The molecule has 3 N–H and O–H groups in total. The fourth-order valence-corrected chi connectivity index (χ4v) is 2.34. The van der Waals surface area contributed by atoms with Crippen LogP contribution in [0, 0.1) is 0 Å². The Balaban J connectivity index is 2.26. The number of aromatic nitrogens is 2. The molecular weight excluding hydrogens is 350 g/mol. The first kappa shape index (κ1) is 21.5. The second kappa shape index (κ2) is 11.8. The predicted octanol–water partition coefficient (Wildman–Crippen LogP) is 3.17. The number of hydrogen-bond donors (Lipinski definition) is 3. The molecule has 0 unspecified atom stereocenters. The van der Waals surface area contributed by atoms with Gasteiger partial charge in [0.2, 0.25) is 0 Å². The Kier molecular flexibility index (Phi) is 9.10. The zero-order valence-electron chi connectivity index (χ0n) is 17.2. The molecule has 0 aliphatic heterocycles. The van der Waals surface area contributed by atoms with Crippen molar-refractivity contribution in [2.45, 2.75) is 20.3 Å². The van der Waals surface area contributed by atoms with Crippen LogP contribution in [-0.2, 0) is 0 Å². The van der Waals surface area contributed by atoms with Gasteiger partial charge in [-0.05, 0) is 25.7 Å². The zero-order valence-corrected chi connectivity index (χ0v) is 17.2. The van der Waals surface area contributed by atoms with E-state index in [1.165, 1.54) is 0 Å². The third kappa shape index (κ3) is 7.85. The largest absolute Gasteiger partial charge is 0.369 e. The van der Waals surface area contributed by atoms with Crippen LogP contribution in [0.3, 0.4) is 0 Å². The van der Waals surface area contributed by atoms with Crippen molar-refractivity contribution in [1.29, 1.82) is 0 Å². The van der Waals surface area contributed by atoms with Gasteiger partial charge in [-0.3, -0.25) is 0 Å². The van der Waals surface area contributed by atoms with Crippen molar-refractivity contribution in [3.63, 3.8) is 0 Å². The normalized spacial score (nSPS) is 12.0. The molecule has 0 bridgehead atoms. The maximum Gasteiger partial charge on any atom is 0.160 e. The smallest absolute Gasteiger partial charge is 0.160 e. The fraction of sp³-hybridized carbons (Fsp3) is 0.381. The minimum Gasteiger partial charge on any atom is -0.369 e. The van der Waals surface area contributed by atoms with Crippen LogP contribution in [0.15, 0.2) is 41.4 Å². The Hall–Kier alpha value is -2.77. The van der Waals surface area contributed by atoms with Crippen molar-refractivity contribution in [2.75, 3.05) is 39.0 Å². The van der Waals surface area contributed by atoms with Crippen molar-refractivity contribution in [2.24, 2.45) is 4.99 Å². The van der Waals surface area contributed by atoms with Crippen molar-refractivity contribution < 1.29 is 0 Å². The van der Waals surface area contributed by atoms with E-state index in [9.17, 15) is 0 Å². The van der Waals surface area contributed by atoms with Crippen LogP contribution in [0.1, 0.15) is 31.7 Å². The third-order valence-corrected chi connectivity index (χ3v) is 3.81. The minimum atomic E-state index is 0.622. The highest BCUT2D eigenvalue weighted by Crippen LogP contribution is 2.16. The van der Waals surface area contributed by atoms with E-state index in [-0.39, 0.29) is 0 Å². The van der Waals surface area contributed by atoms with Gasteiger partial charge >= 0.3 is 0 Å². The van der Waals surface area contributed by atoms with Gasteiger partial charge in [-0.1, -0.05) is 50.3 Å². The lowest BCUT2D eigenvalue weighted by Gasteiger charge is -2.12. The molecular formula is C21H31N7. The van der Waals surface area contributed by atoms with E-state index in [0.29, 0.717) is 11.6 Å². The summed E-state index contributed by atoms with van der Waals surface area (Å²) in [6.45, 7) is 6.61. The van der Waals surface area contributed by atoms with Gasteiger partial charge in [-0.15, -0.1) is 0 Å². The minimum absolute atomic E-state index is 0.622. The number of nitrogens with one attached hydrogen (secondary N) is 3. The summed E-state index contributed by atoms with van der Waals surface area (Å²) in [6, 6.07) is 12.0. The number of likely N-dealkylation sites (N-methyl/N-ethyl adjacent to an activating group) is 1.